The van der Waals surface area contributed by atoms with Crippen LogP contribution in [0.4, 0.5) is 5.82 Å². The Hall–Kier alpha value is -2.23. The van der Waals surface area contributed by atoms with E-state index >= 15 is 0 Å². The second-order valence-electron chi connectivity index (χ2n) is 5.98. The van der Waals surface area contributed by atoms with E-state index in [1.807, 2.05) is 12.3 Å². The first-order chi connectivity index (χ1) is 10.0. The highest BCUT2D eigenvalue weighted by Gasteiger charge is 2.33. The summed E-state index contributed by atoms with van der Waals surface area (Å²) in [6, 6.07) is 4.74. The molecular weight excluding hydrogens is 260 g/mol. The number of aromatic nitrogens is 1. The Labute approximate surface area is 126 Å². The molecule has 1 aromatic heterocycles. The largest absolute Gasteiger partial charge is 0.352 e. The number of rotatable bonds is 3. The molecule has 0 amide bonds. The van der Waals surface area contributed by atoms with Gasteiger partial charge in [0.05, 0.1) is 6.04 Å². The molecular formula is C17H22N4. The van der Waals surface area contributed by atoms with Crippen LogP contribution in [0.1, 0.15) is 25.3 Å². The molecule has 110 valence electrons. The third-order valence-electron chi connectivity index (χ3n) is 4.07. The van der Waals surface area contributed by atoms with E-state index in [2.05, 4.69) is 65.4 Å². The number of hydrogen-bond donors (Lipinski definition) is 1. The van der Waals surface area contributed by atoms with Gasteiger partial charge in [0, 0.05) is 31.2 Å². The van der Waals surface area contributed by atoms with Crippen molar-refractivity contribution in [2.75, 3.05) is 18.0 Å². The number of pyridine rings is 1. The summed E-state index contributed by atoms with van der Waals surface area (Å²) in [7, 11) is 0. The van der Waals surface area contributed by atoms with Crippen molar-refractivity contribution in [1.29, 1.82) is 0 Å². The first-order valence-corrected chi connectivity index (χ1v) is 7.37. The SMILES string of the molecule is C=C1C=CN(C2CN(c3ccc(C(C)C)cn3)C2)C(=C)N1. The van der Waals surface area contributed by atoms with Crippen molar-refractivity contribution in [3.63, 3.8) is 0 Å². The molecule has 2 aliphatic rings. The number of nitrogens with one attached hydrogen (secondary N) is 1. The molecule has 21 heavy (non-hydrogen) atoms. The van der Waals surface area contributed by atoms with E-state index < -0.39 is 0 Å². The summed E-state index contributed by atoms with van der Waals surface area (Å²) in [6.45, 7) is 14.2. The molecule has 0 unspecified atom stereocenters. The molecule has 4 heteroatoms. The summed E-state index contributed by atoms with van der Waals surface area (Å²) in [5.74, 6) is 2.48. The van der Waals surface area contributed by atoms with E-state index in [-0.39, 0.29) is 0 Å². The van der Waals surface area contributed by atoms with Crippen molar-refractivity contribution >= 4 is 5.82 Å². The van der Waals surface area contributed by atoms with Gasteiger partial charge in [-0.25, -0.2) is 4.98 Å². The fourth-order valence-corrected chi connectivity index (χ4v) is 2.64. The van der Waals surface area contributed by atoms with Gasteiger partial charge in [0.25, 0.3) is 0 Å². The van der Waals surface area contributed by atoms with Crippen molar-refractivity contribution in [3.8, 4) is 0 Å². The van der Waals surface area contributed by atoms with Gasteiger partial charge in [0.15, 0.2) is 0 Å². The van der Waals surface area contributed by atoms with Crippen molar-refractivity contribution in [3.05, 3.63) is 60.8 Å². The molecule has 1 fully saturated rings. The van der Waals surface area contributed by atoms with Crippen LogP contribution in [-0.4, -0.2) is 29.0 Å². The highest BCUT2D eigenvalue weighted by molar-refractivity contribution is 5.44. The summed E-state index contributed by atoms with van der Waals surface area (Å²) in [5, 5.41) is 3.17. The zero-order valence-electron chi connectivity index (χ0n) is 12.7. The van der Waals surface area contributed by atoms with Crippen molar-refractivity contribution < 1.29 is 0 Å². The number of anilines is 1. The lowest BCUT2D eigenvalue weighted by Crippen LogP contribution is -2.59. The average Bonchev–Trinajstić information content (AvgIpc) is 2.40. The summed E-state index contributed by atoms with van der Waals surface area (Å²) < 4.78 is 0. The highest BCUT2D eigenvalue weighted by Crippen LogP contribution is 2.26. The standard InChI is InChI=1S/C17H22N4/c1-12(2)15-5-6-17(18-9-15)20-10-16(11-20)21-8-7-13(3)19-14(21)4/h5-9,12,16,19H,3-4,10-11H2,1-2H3. The number of allylic oxidation sites excluding steroid dienone is 1. The Morgan fingerprint density at radius 1 is 1.29 bits per heavy atom. The minimum absolute atomic E-state index is 0.445. The number of hydrogen-bond acceptors (Lipinski definition) is 4. The van der Waals surface area contributed by atoms with Crippen LogP contribution in [0.5, 0.6) is 0 Å². The van der Waals surface area contributed by atoms with Gasteiger partial charge < -0.3 is 15.1 Å². The zero-order chi connectivity index (χ0) is 15.0. The average molecular weight is 282 g/mol. The predicted molar refractivity (Wildman–Crippen MR) is 86.7 cm³/mol. The molecule has 1 saturated heterocycles. The van der Waals surface area contributed by atoms with E-state index in [0.29, 0.717) is 12.0 Å². The quantitative estimate of drug-likeness (QED) is 0.924. The monoisotopic (exact) mass is 282 g/mol. The second-order valence-corrected chi connectivity index (χ2v) is 5.98. The second kappa shape index (κ2) is 5.28. The van der Waals surface area contributed by atoms with Gasteiger partial charge in [-0.2, -0.15) is 0 Å². The van der Waals surface area contributed by atoms with E-state index in [9.17, 15) is 0 Å². The van der Waals surface area contributed by atoms with Crippen LogP contribution < -0.4 is 10.2 Å². The van der Waals surface area contributed by atoms with E-state index in [1.165, 1.54) is 5.56 Å². The molecule has 0 bridgehead atoms. The summed E-state index contributed by atoms with van der Waals surface area (Å²) in [4.78, 5) is 9.04. The fraction of sp³-hybridized carbons (Fsp3) is 0.353. The van der Waals surface area contributed by atoms with Crippen LogP contribution >= 0.6 is 0 Å². The minimum atomic E-state index is 0.445. The molecule has 0 radical (unpaired) electrons. The zero-order valence-corrected chi connectivity index (χ0v) is 12.7. The maximum absolute atomic E-state index is 4.57. The first-order valence-electron chi connectivity index (χ1n) is 7.37. The fourth-order valence-electron chi connectivity index (χ4n) is 2.64. The normalized spacial score (nSPS) is 19.0. The Morgan fingerprint density at radius 2 is 2.05 bits per heavy atom. The molecule has 0 atom stereocenters. The Kier molecular flexibility index (Phi) is 3.45. The summed E-state index contributed by atoms with van der Waals surface area (Å²) in [6.07, 6.45) is 6.02. The van der Waals surface area contributed by atoms with Crippen LogP contribution in [0.3, 0.4) is 0 Å². The Morgan fingerprint density at radius 3 is 2.62 bits per heavy atom. The summed E-state index contributed by atoms with van der Waals surface area (Å²) >= 11 is 0. The Bertz CT molecular complexity index is 579. The van der Waals surface area contributed by atoms with Gasteiger partial charge in [0.1, 0.15) is 11.6 Å². The van der Waals surface area contributed by atoms with Crippen LogP contribution in [-0.2, 0) is 0 Å². The van der Waals surface area contributed by atoms with E-state index in [4.69, 9.17) is 0 Å². The molecule has 3 rings (SSSR count). The third kappa shape index (κ3) is 2.66. The predicted octanol–water partition coefficient (Wildman–Crippen LogP) is 2.80. The van der Waals surface area contributed by atoms with Crippen LogP contribution in [0.25, 0.3) is 0 Å². The number of nitrogens with zero attached hydrogens (tertiary/aromatic N) is 3. The summed E-state index contributed by atoms with van der Waals surface area (Å²) in [5.41, 5.74) is 2.17. The van der Waals surface area contributed by atoms with E-state index in [0.717, 1.165) is 30.4 Å². The van der Waals surface area contributed by atoms with Gasteiger partial charge in [-0.15, -0.1) is 0 Å². The molecule has 4 nitrogen and oxygen atoms in total. The smallest absolute Gasteiger partial charge is 0.128 e. The van der Waals surface area contributed by atoms with Crippen LogP contribution in [0.15, 0.2) is 55.3 Å². The molecule has 0 saturated carbocycles. The topological polar surface area (TPSA) is 31.4 Å². The molecule has 1 N–H and O–H groups in total. The molecule has 0 spiro atoms. The maximum Gasteiger partial charge on any atom is 0.128 e. The maximum atomic E-state index is 4.57. The molecule has 0 aromatic carbocycles. The van der Waals surface area contributed by atoms with Crippen LogP contribution in [0, 0.1) is 0 Å². The third-order valence-corrected chi connectivity index (χ3v) is 4.07. The van der Waals surface area contributed by atoms with Crippen molar-refractivity contribution in [1.82, 2.24) is 15.2 Å². The van der Waals surface area contributed by atoms with Crippen LogP contribution in [0.2, 0.25) is 0 Å². The van der Waals surface area contributed by atoms with Gasteiger partial charge >= 0.3 is 0 Å². The van der Waals surface area contributed by atoms with Gasteiger partial charge in [0.2, 0.25) is 0 Å². The molecule has 2 aliphatic heterocycles. The van der Waals surface area contributed by atoms with Crippen molar-refractivity contribution in [2.45, 2.75) is 25.8 Å². The molecule has 1 aromatic rings. The van der Waals surface area contributed by atoms with Crippen molar-refractivity contribution in [2.24, 2.45) is 0 Å². The molecule has 3 heterocycles. The lowest BCUT2D eigenvalue weighted by Gasteiger charge is -2.47. The van der Waals surface area contributed by atoms with E-state index in [1.54, 1.807) is 0 Å². The van der Waals surface area contributed by atoms with Gasteiger partial charge in [-0.05, 0) is 23.6 Å². The van der Waals surface area contributed by atoms with Gasteiger partial charge in [-0.1, -0.05) is 33.1 Å². The Balaban J connectivity index is 1.62. The highest BCUT2D eigenvalue weighted by atomic mass is 15.4. The van der Waals surface area contributed by atoms with Gasteiger partial charge in [-0.3, -0.25) is 0 Å². The first kappa shape index (κ1) is 13.7. The minimum Gasteiger partial charge on any atom is -0.352 e. The lowest BCUT2D eigenvalue weighted by molar-refractivity contribution is 0.267. The lowest BCUT2D eigenvalue weighted by atomic mass is 10.0. The molecule has 0 aliphatic carbocycles.